The maximum Gasteiger partial charge on any atom is 0.412 e. The smallest absolute Gasteiger partial charge is 0.412 e. The van der Waals surface area contributed by atoms with Crippen molar-refractivity contribution in [3.8, 4) is 0 Å². The van der Waals surface area contributed by atoms with Gasteiger partial charge in [-0.1, -0.05) is 24.3 Å². The van der Waals surface area contributed by atoms with Crippen molar-refractivity contribution >= 4 is 29.5 Å². The van der Waals surface area contributed by atoms with E-state index in [-0.39, 0.29) is 0 Å². The molecule has 0 radical (unpaired) electrons. The Morgan fingerprint density at radius 2 is 2.12 bits per heavy atom. The second-order valence-corrected chi connectivity index (χ2v) is 4.97. The quantitative estimate of drug-likeness (QED) is 0.852. The van der Waals surface area contributed by atoms with Crippen LogP contribution >= 0.6 is 11.6 Å². The van der Waals surface area contributed by atoms with Crippen LogP contribution in [0.25, 0.3) is 6.08 Å². The van der Waals surface area contributed by atoms with Gasteiger partial charge in [-0.15, -0.1) is 0 Å². The molecule has 1 aromatic rings. The van der Waals surface area contributed by atoms with E-state index in [9.17, 15) is 4.79 Å². The molecule has 0 spiro atoms. The van der Waals surface area contributed by atoms with E-state index in [1.165, 1.54) is 0 Å². The molecule has 0 aliphatic rings. The van der Waals surface area contributed by atoms with Gasteiger partial charge in [0.25, 0.3) is 0 Å². The topological polar surface area (TPSA) is 38.3 Å². The highest BCUT2D eigenvalue weighted by atomic mass is 35.5. The summed E-state index contributed by atoms with van der Waals surface area (Å²) in [5.41, 5.74) is 0.872. The largest absolute Gasteiger partial charge is 0.444 e. The van der Waals surface area contributed by atoms with Crippen LogP contribution in [0.4, 0.5) is 10.5 Å². The number of carbonyl (C=O) groups is 1. The molecule has 17 heavy (non-hydrogen) atoms. The maximum absolute atomic E-state index is 11.5. The number of ether oxygens (including phenoxy) is 1. The van der Waals surface area contributed by atoms with Crippen LogP contribution in [-0.4, -0.2) is 11.7 Å². The molecular formula is C13H16ClNO2. The number of hydrogen-bond donors (Lipinski definition) is 1. The highest BCUT2D eigenvalue weighted by Gasteiger charge is 2.16. The summed E-state index contributed by atoms with van der Waals surface area (Å²) in [5, 5.41) is 3.23. The Hall–Kier alpha value is -1.48. The van der Waals surface area contributed by atoms with Crippen LogP contribution in [0.5, 0.6) is 0 Å². The first-order valence-corrected chi connectivity index (χ1v) is 5.61. The summed E-state index contributed by atoms with van der Waals surface area (Å²) >= 11 is 5.92. The third kappa shape index (κ3) is 4.49. The van der Waals surface area contributed by atoms with Gasteiger partial charge in [-0.3, -0.25) is 5.32 Å². The van der Waals surface area contributed by atoms with Gasteiger partial charge in [-0.2, -0.15) is 0 Å². The van der Waals surface area contributed by atoms with Crippen molar-refractivity contribution in [1.29, 1.82) is 0 Å². The van der Waals surface area contributed by atoms with Gasteiger partial charge in [-0.05, 0) is 44.5 Å². The fourth-order valence-electron chi connectivity index (χ4n) is 1.20. The van der Waals surface area contributed by atoms with Gasteiger partial charge in [-0.25, -0.2) is 4.79 Å². The number of carbonyl (C=O) groups excluding carboxylic acids is 1. The summed E-state index contributed by atoms with van der Waals surface area (Å²) in [5.74, 6) is 0. The highest BCUT2D eigenvalue weighted by molar-refractivity contribution is 6.32. The van der Waals surface area contributed by atoms with E-state index in [2.05, 4.69) is 11.9 Å². The van der Waals surface area contributed by atoms with Crippen LogP contribution < -0.4 is 5.32 Å². The van der Waals surface area contributed by atoms with E-state index in [1.54, 1.807) is 24.3 Å². The summed E-state index contributed by atoms with van der Waals surface area (Å²) in [7, 11) is 0. The minimum atomic E-state index is -0.516. The molecule has 0 heterocycles. The third-order valence-electron chi connectivity index (χ3n) is 1.86. The Labute approximate surface area is 106 Å². The summed E-state index contributed by atoms with van der Waals surface area (Å²) in [6, 6.07) is 5.14. The fraction of sp³-hybridized carbons (Fsp3) is 0.308. The summed E-state index contributed by atoms with van der Waals surface area (Å²) in [6.45, 7) is 9.07. The van der Waals surface area contributed by atoms with Gasteiger partial charge in [0.05, 0.1) is 0 Å². The van der Waals surface area contributed by atoms with Crippen LogP contribution in [0, 0.1) is 0 Å². The van der Waals surface area contributed by atoms with E-state index < -0.39 is 11.7 Å². The first-order valence-electron chi connectivity index (χ1n) is 5.24. The molecule has 0 bridgehead atoms. The summed E-state index contributed by atoms with van der Waals surface area (Å²) < 4.78 is 5.14. The Morgan fingerprint density at radius 1 is 1.47 bits per heavy atom. The van der Waals surface area contributed by atoms with E-state index >= 15 is 0 Å². The molecule has 0 aliphatic carbocycles. The zero-order chi connectivity index (χ0) is 13.1. The normalized spacial score (nSPS) is 10.8. The molecule has 0 fully saturated rings. The Kier molecular flexibility index (Phi) is 4.18. The molecule has 92 valence electrons. The van der Waals surface area contributed by atoms with Crippen molar-refractivity contribution < 1.29 is 9.53 Å². The molecule has 0 saturated heterocycles. The SMILES string of the molecule is C=Cc1cc(NC(=O)OC(C)(C)C)ccc1Cl. The molecule has 0 atom stereocenters. The monoisotopic (exact) mass is 253 g/mol. The first-order chi connectivity index (χ1) is 7.81. The minimum absolute atomic E-state index is 0.491. The number of anilines is 1. The van der Waals surface area contributed by atoms with Crippen molar-refractivity contribution in [3.63, 3.8) is 0 Å². The van der Waals surface area contributed by atoms with E-state index in [0.29, 0.717) is 10.7 Å². The van der Waals surface area contributed by atoms with Crippen LogP contribution in [0.3, 0.4) is 0 Å². The third-order valence-corrected chi connectivity index (χ3v) is 2.21. The highest BCUT2D eigenvalue weighted by Crippen LogP contribution is 2.21. The van der Waals surface area contributed by atoms with Crippen LogP contribution in [0.2, 0.25) is 5.02 Å². The average molecular weight is 254 g/mol. The van der Waals surface area contributed by atoms with Gasteiger partial charge in [0.1, 0.15) is 5.60 Å². The van der Waals surface area contributed by atoms with Gasteiger partial charge < -0.3 is 4.74 Å². The Morgan fingerprint density at radius 3 is 2.65 bits per heavy atom. The number of amides is 1. The van der Waals surface area contributed by atoms with Gasteiger partial charge in [0, 0.05) is 10.7 Å². The number of benzene rings is 1. The Balaban J connectivity index is 2.75. The minimum Gasteiger partial charge on any atom is -0.444 e. The van der Waals surface area contributed by atoms with Crippen molar-refractivity contribution in [1.82, 2.24) is 0 Å². The molecule has 1 N–H and O–H groups in total. The average Bonchev–Trinajstić information content (AvgIpc) is 2.18. The van der Waals surface area contributed by atoms with Crippen LogP contribution in [0.15, 0.2) is 24.8 Å². The number of rotatable bonds is 2. The lowest BCUT2D eigenvalue weighted by Crippen LogP contribution is -2.27. The maximum atomic E-state index is 11.5. The molecule has 1 rings (SSSR count). The van der Waals surface area contributed by atoms with Crippen molar-refractivity contribution in [2.75, 3.05) is 5.32 Å². The standard InChI is InChI=1S/C13H16ClNO2/c1-5-9-8-10(6-7-11(9)14)15-12(16)17-13(2,3)4/h5-8H,1H2,2-4H3,(H,15,16). The number of hydrogen-bond acceptors (Lipinski definition) is 2. The van der Waals surface area contributed by atoms with Crippen molar-refractivity contribution in [3.05, 3.63) is 35.4 Å². The Bertz CT molecular complexity index is 436. The molecule has 0 unspecified atom stereocenters. The van der Waals surface area contributed by atoms with Gasteiger partial charge in [0.15, 0.2) is 0 Å². The van der Waals surface area contributed by atoms with Gasteiger partial charge >= 0.3 is 6.09 Å². The molecule has 4 heteroatoms. The molecule has 3 nitrogen and oxygen atoms in total. The first kappa shape index (κ1) is 13.6. The van der Waals surface area contributed by atoms with Gasteiger partial charge in [0.2, 0.25) is 0 Å². The van der Waals surface area contributed by atoms with Crippen molar-refractivity contribution in [2.24, 2.45) is 0 Å². The van der Waals surface area contributed by atoms with E-state index in [1.807, 2.05) is 20.8 Å². The van der Waals surface area contributed by atoms with Crippen molar-refractivity contribution in [2.45, 2.75) is 26.4 Å². The number of nitrogens with one attached hydrogen (secondary N) is 1. The molecule has 1 amide bonds. The molecule has 0 aliphatic heterocycles. The lowest BCUT2D eigenvalue weighted by atomic mass is 10.2. The molecular weight excluding hydrogens is 238 g/mol. The lowest BCUT2D eigenvalue weighted by molar-refractivity contribution is 0.0636. The molecule has 1 aromatic carbocycles. The predicted octanol–water partition coefficient (Wildman–Crippen LogP) is 4.33. The summed E-state index contributed by atoms with van der Waals surface area (Å²) in [6.07, 6.45) is 1.14. The van der Waals surface area contributed by atoms with Crippen LogP contribution in [-0.2, 0) is 4.74 Å². The zero-order valence-corrected chi connectivity index (χ0v) is 11.0. The predicted molar refractivity (Wildman–Crippen MR) is 71.4 cm³/mol. The second kappa shape index (κ2) is 5.23. The lowest BCUT2D eigenvalue weighted by Gasteiger charge is -2.19. The fourth-order valence-corrected chi connectivity index (χ4v) is 1.39. The van der Waals surface area contributed by atoms with E-state index in [4.69, 9.17) is 16.3 Å². The molecule has 0 saturated carbocycles. The van der Waals surface area contributed by atoms with Crippen LogP contribution in [0.1, 0.15) is 26.3 Å². The molecule has 0 aromatic heterocycles. The van der Waals surface area contributed by atoms with E-state index in [0.717, 1.165) is 5.56 Å². The number of halogens is 1. The summed E-state index contributed by atoms with van der Waals surface area (Å²) in [4.78, 5) is 11.5. The zero-order valence-electron chi connectivity index (χ0n) is 10.2. The second-order valence-electron chi connectivity index (χ2n) is 4.57.